The average molecular weight is 285 g/mol. The minimum Gasteiger partial charge on any atom is -0.482 e. The van der Waals surface area contributed by atoms with E-state index in [0.717, 1.165) is 11.1 Å². The molecule has 0 aliphatic carbocycles. The molecule has 1 aromatic carbocycles. The van der Waals surface area contributed by atoms with E-state index in [0.29, 0.717) is 10.8 Å². The number of rotatable bonds is 5. The van der Waals surface area contributed by atoms with Gasteiger partial charge in [-0.1, -0.05) is 25.4 Å². The molecule has 106 valence electrons. The number of halogens is 1. The third-order valence-electron chi connectivity index (χ3n) is 2.63. The lowest BCUT2D eigenvalue weighted by atomic mass is 10.0. The Morgan fingerprint density at radius 2 is 1.89 bits per heavy atom. The van der Waals surface area contributed by atoms with E-state index in [1.807, 2.05) is 32.9 Å². The molecule has 3 nitrogen and oxygen atoms in total. The van der Waals surface area contributed by atoms with Gasteiger partial charge >= 0.3 is 5.97 Å². The highest BCUT2D eigenvalue weighted by Crippen LogP contribution is 2.31. The van der Waals surface area contributed by atoms with E-state index in [1.54, 1.807) is 0 Å². The third-order valence-corrected chi connectivity index (χ3v) is 3.03. The van der Waals surface area contributed by atoms with Crippen molar-refractivity contribution in [2.24, 2.45) is 0 Å². The van der Waals surface area contributed by atoms with Gasteiger partial charge in [-0.2, -0.15) is 0 Å². The summed E-state index contributed by atoms with van der Waals surface area (Å²) in [4.78, 5) is 11.5. The first-order chi connectivity index (χ1) is 8.81. The molecule has 0 aromatic heterocycles. The molecule has 0 saturated heterocycles. The Labute approximate surface area is 119 Å². The normalized spacial score (nSPS) is 10.9. The zero-order valence-corrected chi connectivity index (χ0v) is 12.9. The van der Waals surface area contributed by atoms with Gasteiger partial charge in [0.15, 0.2) is 6.61 Å². The lowest BCUT2D eigenvalue weighted by Crippen LogP contribution is -2.19. The Bertz CT molecular complexity index is 453. The fraction of sp³-hybridized carbons (Fsp3) is 0.533. The molecule has 0 saturated carbocycles. The first-order valence-corrected chi connectivity index (χ1v) is 6.81. The molecule has 1 aromatic rings. The lowest BCUT2D eigenvalue weighted by Gasteiger charge is -2.16. The highest BCUT2D eigenvalue weighted by atomic mass is 35.5. The van der Waals surface area contributed by atoms with Crippen LogP contribution < -0.4 is 4.74 Å². The van der Waals surface area contributed by atoms with Crippen LogP contribution in [0, 0.1) is 6.92 Å². The fourth-order valence-corrected chi connectivity index (χ4v) is 1.85. The molecule has 0 N–H and O–H groups in total. The predicted octanol–water partition coefficient (Wildman–Crippen LogP) is 4.10. The number of hydrogen-bond donors (Lipinski definition) is 0. The minimum atomic E-state index is -0.364. The molecule has 0 amide bonds. The molecular formula is C15H21ClO3. The number of ether oxygens (including phenoxy) is 2. The van der Waals surface area contributed by atoms with Crippen LogP contribution in [0.3, 0.4) is 0 Å². The first-order valence-electron chi connectivity index (χ1n) is 6.43. The van der Waals surface area contributed by atoms with Gasteiger partial charge < -0.3 is 9.47 Å². The highest BCUT2D eigenvalue weighted by molar-refractivity contribution is 6.31. The maximum absolute atomic E-state index is 11.5. The number of carbonyl (C=O) groups is 1. The van der Waals surface area contributed by atoms with Crippen molar-refractivity contribution in [1.29, 1.82) is 0 Å². The van der Waals surface area contributed by atoms with Crippen molar-refractivity contribution in [3.63, 3.8) is 0 Å². The zero-order chi connectivity index (χ0) is 14.6. The van der Waals surface area contributed by atoms with E-state index in [4.69, 9.17) is 21.1 Å². The second-order valence-corrected chi connectivity index (χ2v) is 5.53. The SMILES string of the molecule is Cc1cc(OCC(=O)OC(C)C)c(C(C)C)cc1Cl. The molecule has 0 radical (unpaired) electrons. The van der Waals surface area contributed by atoms with E-state index >= 15 is 0 Å². The van der Waals surface area contributed by atoms with Crippen molar-refractivity contribution >= 4 is 17.6 Å². The molecule has 0 spiro atoms. The van der Waals surface area contributed by atoms with E-state index in [-0.39, 0.29) is 24.6 Å². The number of carbonyl (C=O) groups excluding carboxylic acids is 1. The molecular weight excluding hydrogens is 264 g/mol. The van der Waals surface area contributed by atoms with Gasteiger partial charge in [0, 0.05) is 5.02 Å². The van der Waals surface area contributed by atoms with Crippen LogP contribution in [0.25, 0.3) is 0 Å². The van der Waals surface area contributed by atoms with Gasteiger partial charge in [0.25, 0.3) is 0 Å². The molecule has 19 heavy (non-hydrogen) atoms. The molecule has 0 bridgehead atoms. The van der Waals surface area contributed by atoms with Crippen LogP contribution in [-0.4, -0.2) is 18.7 Å². The quantitative estimate of drug-likeness (QED) is 0.764. The number of aryl methyl sites for hydroxylation is 1. The van der Waals surface area contributed by atoms with Crippen molar-refractivity contribution in [1.82, 2.24) is 0 Å². The minimum absolute atomic E-state index is 0.0844. The van der Waals surface area contributed by atoms with Crippen LogP contribution in [0.2, 0.25) is 5.02 Å². The van der Waals surface area contributed by atoms with Crippen molar-refractivity contribution in [2.45, 2.75) is 46.6 Å². The maximum atomic E-state index is 11.5. The fourth-order valence-electron chi connectivity index (χ4n) is 1.68. The van der Waals surface area contributed by atoms with Crippen LogP contribution in [0.4, 0.5) is 0 Å². The summed E-state index contributed by atoms with van der Waals surface area (Å²) in [6, 6.07) is 3.75. The topological polar surface area (TPSA) is 35.5 Å². The second-order valence-electron chi connectivity index (χ2n) is 5.12. The molecule has 0 atom stereocenters. The molecule has 0 fully saturated rings. The number of benzene rings is 1. The largest absolute Gasteiger partial charge is 0.482 e. The first kappa shape index (κ1) is 15.8. The van der Waals surface area contributed by atoms with Gasteiger partial charge in [0.05, 0.1) is 6.10 Å². The summed E-state index contributed by atoms with van der Waals surface area (Å²) in [5.41, 5.74) is 1.92. The Hall–Kier alpha value is -1.22. The molecule has 4 heteroatoms. The lowest BCUT2D eigenvalue weighted by molar-refractivity contribution is -0.149. The van der Waals surface area contributed by atoms with Crippen molar-refractivity contribution in [3.05, 3.63) is 28.3 Å². The van der Waals surface area contributed by atoms with E-state index < -0.39 is 0 Å². The molecule has 0 aliphatic rings. The summed E-state index contributed by atoms with van der Waals surface area (Å²) in [6.07, 6.45) is -0.132. The van der Waals surface area contributed by atoms with Crippen molar-refractivity contribution < 1.29 is 14.3 Å². The van der Waals surface area contributed by atoms with E-state index in [9.17, 15) is 4.79 Å². The summed E-state index contributed by atoms with van der Waals surface area (Å²) in [5.74, 6) is 0.601. The Morgan fingerprint density at radius 3 is 2.42 bits per heavy atom. The van der Waals surface area contributed by atoms with Crippen LogP contribution in [0.5, 0.6) is 5.75 Å². The molecule has 0 heterocycles. The maximum Gasteiger partial charge on any atom is 0.344 e. The van der Waals surface area contributed by atoms with Gasteiger partial charge in [0.2, 0.25) is 0 Å². The Kier molecular flexibility index (Phi) is 5.67. The summed E-state index contributed by atoms with van der Waals surface area (Å²) < 4.78 is 10.6. The second kappa shape index (κ2) is 6.80. The highest BCUT2D eigenvalue weighted by Gasteiger charge is 2.13. The molecule has 0 aliphatic heterocycles. The average Bonchev–Trinajstić information content (AvgIpc) is 2.29. The van der Waals surface area contributed by atoms with Gasteiger partial charge in [0.1, 0.15) is 5.75 Å². The monoisotopic (exact) mass is 284 g/mol. The Balaban J connectivity index is 2.82. The van der Waals surface area contributed by atoms with Crippen LogP contribution in [-0.2, 0) is 9.53 Å². The van der Waals surface area contributed by atoms with Gasteiger partial charge in [-0.05, 0) is 49.9 Å². The van der Waals surface area contributed by atoms with Crippen LogP contribution in [0.15, 0.2) is 12.1 Å². The van der Waals surface area contributed by atoms with Gasteiger partial charge in [-0.3, -0.25) is 0 Å². The Morgan fingerprint density at radius 1 is 1.26 bits per heavy atom. The van der Waals surface area contributed by atoms with Gasteiger partial charge in [-0.15, -0.1) is 0 Å². The standard InChI is InChI=1S/C15H21ClO3/c1-9(2)12-7-13(16)11(5)6-14(12)18-8-15(17)19-10(3)4/h6-7,9-10H,8H2,1-5H3. The zero-order valence-electron chi connectivity index (χ0n) is 12.1. The number of hydrogen-bond acceptors (Lipinski definition) is 3. The summed E-state index contributed by atoms with van der Waals surface area (Å²) >= 11 is 6.11. The van der Waals surface area contributed by atoms with Crippen molar-refractivity contribution in [3.8, 4) is 5.75 Å². The summed E-state index contributed by atoms with van der Waals surface area (Å²) in [6.45, 7) is 9.55. The van der Waals surface area contributed by atoms with Crippen LogP contribution in [0.1, 0.15) is 44.7 Å². The smallest absolute Gasteiger partial charge is 0.344 e. The molecule has 1 rings (SSSR count). The van der Waals surface area contributed by atoms with Crippen molar-refractivity contribution in [2.75, 3.05) is 6.61 Å². The molecule has 0 unspecified atom stereocenters. The van der Waals surface area contributed by atoms with E-state index in [1.165, 1.54) is 0 Å². The van der Waals surface area contributed by atoms with Crippen LogP contribution >= 0.6 is 11.6 Å². The van der Waals surface area contributed by atoms with Gasteiger partial charge in [-0.25, -0.2) is 4.79 Å². The summed E-state index contributed by atoms with van der Waals surface area (Å²) in [5, 5.41) is 0.709. The van der Waals surface area contributed by atoms with E-state index in [2.05, 4.69) is 13.8 Å². The number of esters is 1. The predicted molar refractivity (Wildman–Crippen MR) is 77.0 cm³/mol. The summed E-state index contributed by atoms with van der Waals surface area (Å²) in [7, 11) is 0. The third kappa shape index (κ3) is 4.75.